The third kappa shape index (κ3) is 3.23. The molecule has 1 heterocycles. The van der Waals surface area contributed by atoms with E-state index in [1.165, 1.54) is 13.8 Å². The van der Waals surface area contributed by atoms with E-state index in [9.17, 15) is 22.9 Å². The average molecular weight is 391 g/mol. The highest BCUT2D eigenvalue weighted by Crippen LogP contribution is 2.66. The van der Waals surface area contributed by atoms with Gasteiger partial charge in [0.05, 0.1) is 18.7 Å². The number of carboxylic acid groups (broad SMARTS) is 2. The van der Waals surface area contributed by atoms with Gasteiger partial charge in [-0.3, -0.25) is 4.57 Å². The fourth-order valence-corrected chi connectivity index (χ4v) is 4.00. The van der Waals surface area contributed by atoms with Crippen LogP contribution >= 0.6 is 7.60 Å². The molecule has 0 fully saturated rings. The van der Waals surface area contributed by atoms with Gasteiger partial charge in [-0.15, -0.1) is 0 Å². The predicted octanol–water partition coefficient (Wildman–Crippen LogP) is 4.18. The van der Waals surface area contributed by atoms with Crippen LogP contribution in [0.1, 0.15) is 29.9 Å². The quantitative estimate of drug-likeness (QED) is 0.680. The highest BCUT2D eigenvalue weighted by atomic mass is 31.2. The van der Waals surface area contributed by atoms with E-state index in [1.54, 1.807) is 0 Å². The number of carbonyl (C=O) groups is 2. The molecule has 0 aliphatic heterocycles. The molecule has 0 atom stereocenters. The third-order valence-electron chi connectivity index (χ3n) is 3.50. The molecule has 0 amide bonds. The first kappa shape index (κ1) is 20.0. The minimum atomic E-state index is -4.84. The zero-order chi connectivity index (χ0) is 19.7. The summed E-state index contributed by atoms with van der Waals surface area (Å²) >= 11 is 0. The van der Waals surface area contributed by atoms with E-state index < -0.39 is 36.6 Å². The lowest BCUT2D eigenvalue weighted by molar-refractivity contribution is 0.0362. The second-order valence-corrected chi connectivity index (χ2v) is 7.17. The Morgan fingerprint density at radius 1 is 1.15 bits per heavy atom. The summed E-state index contributed by atoms with van der Waals surface area (Å²) < 4.78 is 51.9. The molecule has 0 unspecified atom stereocenters. The van der Waals surface area contributed by atoms with Gasteiger partial charge < -0.3 is 19.3 Å². The smallest absolute Gasteiger partial charge is 0.416 e. The fourth-order valence-electron chi connectivity index (χ4n) is 2.46. The van der Waals surface area contributed by atoms with Crippen molar-refractivity contribution in [2.75, 3.05) is 13.2 Å². The van der Waals surface area contributed by atoms with Crippen LogP contribution in [-0.4, -0.2) is 40.1 Å². The molecule has 1 aromatic heterocycles. The van der Waals surface area contributed by atoms with Crippen molar-refractivity contribution in [3.63, 3.8) is 0 Å². The first-order valence-electron chi connectivity index (χ1n) is 7.48. The van der Waals surface area contributed by atoms with Crippen molar-refractivity contribution in [1.82, 2.24) is 4.57 Å². The zero-order valence-corrected chi connectivity index (χ0v) is 14.7. The average Bonchev–Trinajstić information content (AvgIpc) is 2.94. The molecule has 11 heteroatoms. The second kappa shape index (κ2) is 7.14. The maximum Gasteiger partial charge on any atom is 0.416 e. The summed E-state index contributed by atoms with van der Waals surface area (Å²) in [6, 6.07) is 3.68. The molecule has 8 nitrogen and oxygen atoms in total. The van der Waals surface area contributed by atoms with Gasteiger partial charge in [-0.25, -0.2) is 14.2 Å². The highest BCUT2D eigenvalue weighted by molar-refractivity contribution is 7.54. The van der Waals surface area contributed by atoms with Gasteiger partial charge in [0.2, 0.25) is 0 Å². The summed E-state index contributed by atoms with van der Waals surface area (Å²) in [5.41, 5.74) is -5.46. The van der Waals surface area contributed by atoms with Gasteiger partial charge in [0.1, 0.15) is 5.69 Å². The van der Waals surface area contributed by atoms with E-state index in [0.29, 0.717) is 4.57 Å². The standard InChI is InChI=1S/C15H16F2NO7P/c1-3-24-26(23,25-4-2)15(16,17)10-5-6-11-9(7-10)8-12(13(19)20)18(11)14(21)22/h5-8H,3-4H2,1-2H3,(H,19,20)(H,21,22). The Kier molecular flexibility index (Phi) is 5.50. The minimum absolute atomic E-state index is 0.0680. The van der Waals surface area contributed by atoms with Crippen LogP contribution in [0.3, 0.4) is 0 Å². The molecule has 1 aromatic carbocycles. The number of rotatable bonds is 7. The Labute approximate surface area is 146 Å². The topological polar surface area (TPSA) is 115 Å². The van der Waals surface area contributed by atoms with Gasteiger partial charge >= 0.3 is 25.3 Å². The van der Waals surface area contributed by atoms with Crippen molar-refractivity contribution in [3.8, 4) is 0 Å². The van der Waals surface area contributed by atoms with Crippen molar-refractivity contribution in [3.05, 3.63) is 35.5 Å². The largest absolute Gasteiger partial charge is 0.477 e. The van der Waals surface area contributed by atoms with E-state index in [1.807, 2.05) is 0 Å². The Morgan fingerprint density at radius 3 is 2.19 bits per heavy atom. The molecule has 2 aromatic rings. The Balaban J connectivity index is 2.66. The summed E-state index contributed by atoms with van der Waals surface area (Å²) in [7, 11) is -4.84. The van der Waals surface area contributed by atoms with Crippen LogP contribution in [0.2, 0.25) is 0 Å². The molecule has 0 bridgehead atoms. The molecule has 26 heavy (non-hydrogen) atoms. The van der Waals surface area contributed by atoms with Crippen LogP contribution in [0.25, 0.3) is 10.9 Å². The van der Waals surface area contributed by atoms with E-state index >= 15 is 0 Å². The lowest BCUT2D eigenvalue weighted by atomic mass is 10.1. The zero-order valence-electron chi connectivity index (χ0n) is 13.8. The first-order chi connectivity index (χ1) is 12.1. The minimum Gasteiger partial charge on any atom is -0.477 e. The highest BCUT2D eigenvalue weighted by Gasteiger charge is 2.54. The molecule has 0 spiro atoms. The van der Waals surface area contributed by atoms with Crippen LogP contribution < -0.4 is 0 Å². The van der Waals surface area contributed by atoms with Crippen LogP contribution in [0.4, 0.5) is 13.6 Å². The lowest BCUT2D eigenvalue weighted by Crippen LogP contribution is -2.18. The first-order valence-corrected chi connectivity index (χ1v) is 9.03. The Morgan fingerprint density at radius 2 is 1.73 bits per heavy atom. The number of fused-ring (bicyclic) bond motifs is 1. The van der Waals surface area contributed by atoms with Crippen LogP contribution in [-0.2, 0) is 19.3 Å². The summed E-state index contributed by atoms with van der Waals surface area (Å²) in [5, 5.41) is 18.2. The SMILES string of the molecule is CCOP(=O)(OCC)C(F)(F)c1ccc2c(c1)cc(C(=O)O)n2C(=O)O. The van der Waals surface area contributed by atoms with Crippen LogP contribution in [0.5, 0.6) is 0 Å². The summed E-state index contributed by atoms with van der Waals surface area (Å²) in [5.74, 6) is -1.54. The lowest BCUT2D eigenvalue weighted by Gasteiger charge is -2.26. The van der Waals surface area contributed by atoms with Crippen molar-refractivity contribution < 1.29 is 42.2 Å². The molecule has 142 valence electrons. The van der Waals surface area contributed by atoms with Gasteiger partial charge in [0.15, 0.2) is 0 Å². The number of aromatic carboxylic acids is 1. The summed E-state index contributed by atoms with van der Waals surface area (Å²) in [4.78, 5) is 22.5. The molecule has 2 N–H and O–H groups in total. The number of benzene rings is 1. The molecule has 0 radical (unpaired) electrons. The van der Waals surface area contributed by atoms with Gasteiger partial charge in [0.25, 0.3) is 0 Å². The van der Waals surface area contributed by atoms with Gasteiger partial charge in [-0.2, -0.15) is 8.78 Å². The molecular formula is C15H16F2NO7P. The fraction of sp³-hybridized carbons (Fsp3) is 0.333. The third-order valence-corrected chi connectivity index (χ3v) is 5.64. The number of alkyl halides is 2. The number of carboxylic acids is 1. The van der Waals surface area contributed by atoms with E-state index in [4.69, 9.17) is 19.3 Å². The normalized spacial score (nSPS) is 12.5. The van der Waals surface area contributed by atoms with Crippen LogP contribution in [0.15, 0.2) is 24.3 Å². The maximum absolute atomic E-state index is 14.8. The maximum atomic E-state index is 14.8. The van der Waals surface area contributed by atoms with Crippen molar-refractivity contribution >= 4 is 30.6 Å². The number of hydrogen-bond donors (Lipinski definition) is 2. The summed E-state index contributed by atoms with van der Waals surface area (Å²) in [6.07, 6.45) is -1.58. The number of halogens is 2. The monoisotopic (exact) mass is 391 g/mol. The van der Waals surface area contributed by atoms with Gasteiger partial charge in [-0.05, 0) is 32.0 Å². The second-order valence-electron chi connectivity index (χ2n) is 5.10. The Bertz CT molecular complexity index is 899. The molecule has 0 aliphatic carbocycles. The van der Waals surface area contributed by atoms with E-state index in [2.05, 4.69) is 0 Å². The van der Waals surface area contributed by atoms with Crippen molar-refractivity contribution in [1.29, 1.82) is 0 Å². The van der Waals surface area contributed by atoms with Gasteiger partial charge in [-0.1, -0.05) is 6.07 Å². The summed E-state index contributed by atoms with van der Waals surface area (Å²) in [6.45, 7) is 2.23. The van der Waals surface area contributed by atoms with Crippen molar-refractivity contribution in [2.24, 2.45) is 0 Å². The molecule has 0 saturated heterocycles. The van der Waals surface area contributed by atoms with E-state index in [-0.39, 0.29) is 24.1 Å². The van der Waals surface area contributed by atoms with Gasteiger partial charge in [0, 0.05) is 10.9 Å². The molecule has 0 saturated carbocycles. The molecule has 2 rings (SSSR count). The van der Waals surface area contributed by atoms with Crippen molar-refractivity contribution in [2.45, 2.75) is 19.5 Å². The van der Waals surface area contributed by atoms with E-state index in [0.717, 1.165) is 24.3 Å². The Hall–Kier alpha value is -2.29. The number of hydrogen-bond acceptors (Lipinski definition) is 5. The molecular weight excluding hydrogens is 375 g/mol. The predicted molar refractivity (Wildman–Crippen MR) is 87.1 cm³/mol. The van der Waals surface area contributed by atoms with Crippen LogP contribution in [0, 0.1) is 0 Å². The number of nitrogens with zero attached hydrogens (tertiary/aromatic N) is 1. The molecule has 0 aliphatic rings. The number of aromatic nitrogens is 1.